The Hall–Kier alpha value is -3.98. The summed E-state index contributed by atoms with van der Waals surface area (Å²) in [5, 5.41) is 14.1. The van der Waals surface area contributed by atoms with Gasteiger partial charge in [0.15, 0.2) is 6.04 Å². The van der Waals surface area contributed by atoms with Crippen molar-refractivity contribution < 1.29 is 19.9 Å². The second kappa shape index (κ2) is 8.18. The molecule has 0 amide bonds. The number of benzene rings is 2. The van der Waals surface area contributed by atoms with Crippen LogP contribution in [0.5, 0.6) is 17.4 Å². The van der Waals surface area contributed by atoms with Crippen molar-refractivity contribution in [1.29, 1.82) is 0 Å². The van der Waals surface area contributed by atoms with E-state index in [-0.39, 0.29) is 18.0 Å². The van der Waals surface area contributed by atoms with E-state index in [4.69, 9.17) is 9.47 Å². The van der Waals surface area contributed by atoms with Crippen molar-refractivity contribution in [3.63, 3.8) is 0 Å². The highest BCUT2D eigenvalue weighted by Gasteiger charge is 2.34. The number of nitrogens with zero attached hydrogens (tertiary/aromatic N) is 1. The molecule has 1 aliphatic rings. The molecule has 4 aromatic rings. The lowest BCUT2D eigenvalue weighted by molar-refractivity contribution is -0.690. The predicted molar refractivity (Wildman–Crippen MR) is 122 cm³/mol. The average Bonchev–Trinajstić information content (AvgIpc) is 3.20. The highest BCUT2D eigenvalue weighted by molar-refractivity contribution is 5.86. The Morgan fingerprint density at radius 1 is 1.06 bits per heavy atom. The first-order valence-electron chi connectivity index (χ1n) is 10.7. The molecule has 3 heterocycles. The number of hydrogen-bond donors (Lipinski definition) is 4. The van der Waals surface area contributed by atoms with Gasteiger partial charge in [0.05, 0.1) is 33.0 Å². The maximum absolute atomic E-state index is 12.9. The second-order valence-corrected chi connectivity index (χ2v) is 8.11. The number of fused-ring (bicyclic) bond motifs is 3. The van der Waals surface area contributed by atoms with Gasteiger partial charge in [-0.2, -0.15) is 0 Å². The number of hydrogen-bond acceptors (Lipinski definition) is 5. The number of aromatic amines is 2. The molecule has 0 aliphatic carbocycles. The van der Waals surface area contributed by atoms with E-state index in [1.54, 1.807) is 26.4 Å². The van der Waals surface area contributed by atoms with Crippen LogP contribution in [0.4, 0.5) is 0 Å². The van der Waals surface area contributed by atoms with Gasteiger partial charge in [-0.05, 0) is 41.5 Å². The number of rotatable bonds is 5. The van der Waals surface area contributed by atoms with Crippen LogP contribution in [0, 0.1) is 0 Å². The molecule has 5 rings (SSSR count). The van der Waals surface area contributed by atoms with Gasteiger partial charge in [0, 0.05) is 17.3 Å². The summed E-state index contributed by atoms with van der Waals surface area (Å²) in [6, 6.07) is 12.5. The van der Waals surface area contributed by atoms with Gasteiger partial charge in [0.1, 0.15) is 17.1 Å². The average molecular weight is 449 g/mol. The minimum absolute atomic E-state index is 0.113. The van der Waals surface area contributed by atoms with Crippen LogP contribution in [0.3, 0.4) is 0 Å². The number of methoxy groups -OCH3 is 2. The van der Waals surface area contributed by atoms with Crippen LogP contribution < -0.4 is 26.0 Å². The number of quaternary nitrogens is 1. The van der Waals surface area contributed by atoms with Crippen molar-refractivity contribution in [3.05, 3.63) is 85.7 Å². The van der Waals surface area contributed by atoms with Crippen LogP contribution in [0.15, 0.2) is 52.1 Å². The van der Waals surface area contributed by atoms with Gasteiger partial charge in [-0.25, -0.2) is 4.79 Å². The van der Waals surface area contributed by atoms with Crippen LogP contribution in [-0.4, -0.2) is 40.4 Å². The zero-order valence-electron chi connectivity index (χ0n) is 18.3. The Balaban J connectivity index is 1.61. The van der Waals surface area contributed by atoms with Crippen molar-refractivity contribution >= 4 is 10.9 Å². The number of aromatic hydroxyl groups is 1. The molecule has 1 atom stereocenters. The zero-order chi connectivity index (χ0) is 23.1. The minimum Gasteiger partial charge on any atom is -0.497 e. The van der Waals surface area contributed by atoms with E-state index in [9.17, 15) is 14.7 Å². The molecule has 9 heteroatoms. The molecule has 9 nitrogen and oxygen atoms in total. The third kappa shape index (κ3) is 3.56. The molecule has 0 fully saturated rings. The number of aromatic nitrogens is 3. The van der Waals surface area contributed by atoms with E-state index in [0.717, 1.165) is 46.4 Å². The van der Waals surface area contributed by atoms with Crippen molar-refractivity contribution in [2.45, 2.75) is 19.0 Å². The Morgan fingerprint density at radius 3 is 2.52 bits per heavy atom. The highest BCUT2D eigenvalue weighted by Crippen LogP contribution is 2.33. The van der Waals surface area contributed by atoms with Crippen molar-refractivity contribution in [3.8, 4) is 17.4 Å². The number of nitrogens with one attached hydrogen (secondary N) is 2. The van der Waals surface area contributed by atoms with Gasteiger partial charge in [0.2, 0.25) is 5.88 Å². The van der Waals surface area contributed by atoms with Gasteiger partial charge in [-0.1, -0.05) is 12.1 Å². The monoisotopic (exact) mass is 449 g/mol. The molecule has 0 radical (unpaired) electrons. The summed E-state index contributed by atoms with van der Waals surface area (Å²) in [4.78, 5) is 31.2. The molecule has 2 aromatic heterocycles. The molecule has 0 spiro atoms. The largest absolute Gasteiger partial charge is 0.497 e. The van der Waals surface area contributed by atoms with Crippen molar-refractivity contribution in [1.82, 2.24) is 14.5 Å². The van der Waals surface area contributed by atoms with E-state index in [1.165, 1.54) is 4.57 Å². The zero-order valence-corrected chi connectivity index (χ0v) is 18.3. The van der Waals surface area contributed by atoms with Crippen LogP contribution in [0.25, 0.3) is 10.9 Å². The standard InChI is InChI=1S/C24H24N4O5/c1-32-14-5-3-13(4-6-14)12-28-23(30)19(22(29)27-24(28)31)21-20-16(9-10-25-21)17-11-15(33-2)7-8-18(17)26-20/h3-8,11,21,25-26,30H,9-10,12H2,1-2H3,(H,27,29,31)/p+1/t21-/m0/s1. The highest BCUT2D eigenvalue weighted by atomic mass is 16.5. The van der Waals surface area contributed by atoms with E-state index >= 15 is 0 Å². The molecule has 33 heavy (non-hydrogen) atoms. The Morgan fingerprint density at radius 2 is 1.79 bits per heavy atom. The summed E-state index contributed by atoms with van der Waals surface area (Å²) in [6.07, 6.45) is 0.809. The molecule has 170 valence electrons. The summed E-state index contributed by atoms with van der Waals surface area (Å²) in [6.45, 7) is 0.847. The van der Waals surface area contributed by atoms with Crippen molar-refractivity contribution in [2.24, 2.45) is 0 Å². The predicted octanol–water partition coefficient (Wildman–Crippen LogP) is 0.998. The van der Waals surface area contributed by atoms with Gasteiger partial charge in [-0.3, -0.25) is 14.3 Å². The third-order valence-electron chi connectivity index (χ3n) is 6.27. The molecule has 0 unspecified atom stereocenters. The summed E-state index contributed by atoms with van der Waals surface area (Å²) in [5.41, 5.74) is 2.56. The van der Waals surface area contributed by atoms with E-state index in [2.05, 4.69) is 9.97 Å². The molecule has 2 aromatic carbocycles. The van der Waals surface area contributed by atoms with Crippen LogP contribution in [-0.2, 0) is 13.0 Å². The summed E-state index contributed by atoms with van der Waals surface area (Å²) in [5.74, 6) is 1.12. The van der Waals surface area contributed by atoms with Gasteiger partial charge >= 0.3 is 5.69 Å². The van der Waals surface area contributed by atoms with Gasteiger partial charge in [-0.15, -0.1) is 0 Å². The number of H-pyrrole nitrogens is 2. The quantitative estimate of drug-likeness (QED) is 0.362. The molecule has 0 saturated heterocycles. The smallest absolute Gasteiger partial charge is 0.331 e. The SMILES string of the molecule is COc1ccc(Cn2c(O)c([C@@H]3[NH2+]CCc4c3[nH]c3ccc(OC)cc43)c(=O)[nH]c2=O)cc1. The summed E-state index contributed by atoms with van der Waals surface area (Å²) in [7, 11) is 3.20. The number of ether oxygens (including phenoxy) is 2. The normalized spacial score (nSPS) is 15.4. The first-order valence-corrected chi connectivity index (χ1v) is 10.7. The lowest BCUT2D eigenvalue weighted by Gasteiger charge is -2.22. The maximum Gasteiger partial charge on any atom is 0.331 e. The molecule has 0 saturated carbocycles. The van der Waals surface area contributed by atoms with E-state index < -0.39 is 17.3 Å². The Bertz CT molecular complexity index is 1450. The first-order chi connectivity index (χ1) is 16.0. The van der Waals surface area contributed by atoms with E-state index in [1.807, 2.05) is 35.6 Å². The molecular weight excluding hydrogens is 424 g/mol. The van der Waals surface area contributed by atoms with Gasteiger partial charge < -0.3 is 24.9 Å². The van der Waals surface area contributed by atoms with Crippen molar-refractivity contribution in [2.75, 3.05) is 20.8 Å². The third-order valence-corrected chi connectivity index (χ3v) is 6.27. The number of nitrogens with two attached hydrogens (primary N) is 1. The Kier molecular flexibility index (Phi) is 5.18. The van der Waals surface area contributed by atoms with Crippen LogP contribution in [0.1, 0.15) is 28.4 Å². The van der Waals surface area contributed by atoms with Gasteiger partial charge in [0.25, 0.3) is 5.56 Å². The lowest BCUT2D eigenvalue weighted by atomic mass is 9.95. The molecule has 5 N–H and O–H groups in total. The van der Waals surface area contributed by atoms with Crippen LogP contribution >= 0.6 is 0 Å². The summed E-state index contributed by atoms with van der Waals surface area (Å²) < 4.78 is 11.7. The first kappa shape index (κ1) is 20.9. The fraction of sp³-hybridized carbons (Fsp3) is 0.250. The fourth-order valence-corrected chi connectivity index (χ4v) is 4.60. The fourth-order valence-electron chi connectivity index (χ4n) is 4.60. The molecule has 0 bridgehead atoms. The minimum atomic E-state index is -0.658. The Labute approximate surface area is 188 Å². The lowest BCUT2D eigenvalue weighted by Crippen LogP contribution is -2.87. The summed E-state index contributed by atoms with van der Waals surface area (Å²) >= 11 is 0. The second-order valence-electron chi connectivity index (χ2n) is 8.11. The molecular formula is C24H25N4O5+. The molecule has 1 aliphatic heterocycles. The topological polar surface area (TPSA) is 126 Å². The van der Waals surface area contributed by atoms with E-state index in [0.29, 0.717) is 5.75 Å². The van der Waals surface area contributed by atoms with Crippen LogP contribution in [0.2, 0.25) is 0 Å². The maximum atomic E-state index is 12.9.